The Labute approximate surface area is 205 Å². The predicted octanol–water partition coefficient (Wildman–Crippen LogP) is 5.84. The van der Waals surface area contributed by atoms with Crippen LogP contribution in [0.25, 0.3) is 10.9 Å². The highest BCUT2D eigenvalue weighted by Gasteiger charge is 2.38. The van der Waals surface area contributed by atoms with E-state index in [9.17, 15) is 4.39 Å². The first kappa shape index (κ1) is 22.7. The van der Waals surface area contributed by atoms with Crippen molar-refractivity contribution in [1.29, 1.82) is 0 Å². The molecule has 0 amide bonds. The van der Waals surface area contributed by atoms with E-state index in [0.29, 0.717) is 12.0 Å². The van der Waals surface area contributed by atoms with Crippen molar-refractivity contribution < 1.29 is 4.39 Å². The maximum Gasteiger partial charge on any atom is 0.188 e. The Hall–Kier alpha value is -2.09. The van der Waals surface area contributed by atoms with Crippen LogP contribution in [0, 0.1) is 5.82 Å². The Balaban J connectivity index is 1.67. The van der Waals surface area contributed by atoms with Crippen LogP contribution in [0.15, 0.2) is 52.4 Å². The van der Waals surface area contributed by atoms with Crippen molar-refractivity contribution in [3.8, 4) is 0 Å². The van der Waals surface area contributed by atoms with Crippen molar-refractivity contribution in [2.45, 2.75) is 55.0 Å². The van der Waals surface area contributed by atoms with Gasteiger partial charge in [-0.2, -0.15) is 0 Å². The summed E-state index contributed by atoms with van der Waals surface area (Å²) in [4.78, 5) is 5.71. The molecule has 0 spiro atoms. The second-order valence-corrected chi connectivity index (χ2v) is 10.5. The third-order valence-corrected chi connectivity index (χ3v) is 8.71. The minimum Gasteiger partial charge on any atom is -0.348 e. The molecule has 2 aliphatic rings. The molecule has 1 aliphatic heterocycles. The fraction of sp³-hybridized carbons (Fsp3) is 0.423. The van der Waals surface area contributed by atoms with Crippen molar-refractivity contribution in [2.24, 2.45) is 0 Å². The van der Waals surface area contributed by atoms with Gasteiger partial charge in [0.2, 0.25) is 0 Å². The minimum absolute atomic E-state index is 0.212. The van der Waals surface area contributed by atoms with Crippen LogP contribution >= 0.6 is 24.0 Å². The van der Waals surface area contributed by atoms with E-state index < -0.39 is 0 Å². The molecule has 1 saturated heterocycles. The lowest BCUT2D eigenvalue weighted by Gasteiger charge is -2.42. The Morgan fingerprint density at radius 3 is 2.67 bits per heavy atom. The van der Waals surface area contributed by atoms with E-state index in [1.807, 2.05) is 12.1 Å². The molecule has 0 bridgehead atoms. The zero-order valence-electron chi connectivity index (χ0n) is 19.5. The van der Waals surface area contributed by atoms with Crippen molar-refractivity contribution in [1.82, 2.24) is 14.5 Å². The summed E-state index contributed by atoms with van der Waals surface area (Å²) in [5, 5.41) is 3.24. The van der Waals surface area contributed by atoms with E-state index in [4.69, 9.17) is 12.2 Å². The molecule has 1 aromatic heterocycles. The Kier molecular flexibility index (Phi) is 6.38. The van der Waals surface area contributed by atoms with E-state index >= 15 is 0 Å². The Morgan fingerprint density at radius 2 is 1.94 bits per heavy atom. The zero-order chi connectivity index (χ0) is 23.1. The number of halogens is 1. The van der Waals surface area contributed by atoms with Gasteiger partial charge >= 0.3 is 0 Å². The summed E-state index contributed by atoms with van der Waals surface area (Å²) in [7, 11) is 2.26. The summed E-state index contributed by atoms with van der Waals surface area (Å²) in [5.41, 5.74) is 7.56. The molecular formula is C26H31FN4S2. The van der Waals surface area contributed by atoms with E-state index in [1.165, 1.54) is 47.0 Å². The summed E-state index contributed by atoms with van der Waals surface area (Å²) in [5.74, 6) is 0.352. The lowest BCUT2D eigenvalue weighted by Crippen LogP contribution is -2.44. The Morgan fingerprint density at radius 1 is 1.18 bits per heavy atom. The number of piperidine rings is 1. The van der Waals surface area contributed by atoms with Gasteiger partial charge in [-0.3, -0.25) is 5.43 Å². The second kappa shape index (κ2) is 9.28. The molecule has 5 rings (SSSR count). The summed E-state index contributed by atoms with van der Waals surface area (Å²) >= 11 is 7.49. The van der Waals surface area contributed by atoms with Gasteiger partial charge in [-0.25, -0.2) is 9.07 Å². The summed E-state index contributed by atoms with van der Waals surface area (Å²) in [6.07, 6.45) is 3.50. The molecule has 1 aliphatic carbocycles. The van der Waals surface area contributed by atoms with Crippen molar-refractivity contribution >= 4 is 40.0 Å². The SMILES string of the molecule is CCN(CC)C(=S)Nn1c(Sc2ccc(F)cc2)c2c3c(cccc31)[C@H]1CCCN(C)[C@@H]1C2. The molecule has 1 fully saturated rings. The predicted molar refractivity (Wildman–Crippen MR) is 139 cm³/mol. The van der Waals surface area contributed by atoms with Gasteiger partial charge in [-0.15, -0.1) is 0 Å². The van der Waals surface area contributed by atoms with Gasteiger partial charge in [0.05, 0.1) is 5.52 Å². The molecule has 2 atom stereocenters. The highest BCUT2D eigenvalue weighted by molar-refractivity contribution is 7.99. The number of aromatic nitrogens is 1. The highest BCUT2D eigenvalue weighted by Crippen LogP contribution is 2.47. The quantitative estimate of drug-likeness (QED) is 0.461. The topological polar surface area (TPSA) is 23.4 Å². The third kappa shape index (κ3) is 4.04. The van der Waals surface area contributed by atoms with Gasteiger partial charge in [0.25, 0.3) is 0 Å². The first-order chi connectivity index (χ1) is 16.0. The maximum atomic E-state index is 13.6. The number of hydrogen-bond acceptors (Lipinski definition) is 3. The molecule has 2 heterocycles. The standard InChI is InChI=1S/C26H31FN4S2/c1-4-30(5-2)26(32)28-31-22-10-6-8-20-19-9-7-15-29(3)23(19)16-21(24(20)22)25(31)33-18-13-11-17(27)12-14-18/h6,8,10-14,19,23H,4-5,7,9,15-16H2,1-3H3,(H,28,32)/t19-,23-/m1/s1. The van der Waals surface area contributed by atoms with Crippen LogP contribution < -0.4 is 5.43 Å². The molecule has 1 N–H and O–H groups in total. The van der Waals surface area contributed by atoms with Crippen molar-refractivity contribution in [3.63, 3.8) is 0 Å². The average Bonchev–Trinajstić information content (AvgIpc) is 3.10. The number of nitrogens with one attached hydrogen (secondary N) is 1. The first-order valence-electron chi connectivity index (χ1n) is 11.9. The smallest absolute Gasteiger partial charge is 0.188 e. The van der Waals surface area contributed by atoms with Crippen LogP contribution in [0.2, 0.25) is 0 Å². The molecule has 4 nitrogen and oxygen atoms in total. The highest BCUT2D eigenvalue weighted by atomic mass is 32.2. The molecule has 0 unspecified atom stereocenters. The second-order valence-electron chi connectivity index (χ2n) is 9.01. The number of rotatable bonds is 5. The number of fused-ring (bicyclic) bond motifs is 2. The van der Waals surface area contributed by atoms with Gasteiger partial charge in [-0.05, 0) is 100 Å². The van der Waals surface area contributed by atoms with Crippen LogP contribution in [-0.2, 0) is 6.42 Å². The zero-order valence-corrected chi connectivity index (χ0v) is 21.1. The van der Waals surface area contributed by atoms with Crippen molar-refractivity contribution in [3.05, 3.63) is 59.4 Å². The largest absolute Gasteiger partial charge is 0.348 e. The monoisotopic (exact) mass is 482 g/mol. The number of likely N-dealkylation sites (tertiary alicyclic amines) is 1. The molecule has 2 aromatic carbocycles. The first-order valence-corrected chi connectivity index (χ1v) is 13.1. The van der Waals surface area contributed by atoms with Crippen molar-refractivity contribution in [2.75, 3.05) is 32.1 Å². The number of likely N-dealkylation sites (N-methyl/N-ethyl adjacent to an activating group) is 1. The number of hydrogen-bond donors (Lipinski definition) is 1. The summed E-state index contributed by atoms with van der Waals surface area (Å²) < 4.78 is 15.8. The minimum atomic E-state index is -0.212. The lowest BCUT2D eigenvalue weighted by atomic mass is 9.75. The molecule has 33 heavy (non-hydrogen) atoms. The third-order valence-electron chi connectivity index (χ3n) is 7.23. The normalized spacial score (nSPS) is 20.0. The van der Waals surface area contributed by atoms with E-state index in [0.717, 1.165) is 41.1 Å². The Bertz CT molecular complexity index is 1170. The fourth-order valence-corrected chi connectivity index (χ4v) is 6.92. The van der Waals surface area contributed by atoms with E-state index in [1.54, 1.807) is 11.8 Å². The van der Waals surface area contributed by atoms with Crippen LogP contribution in [0.3, 0.4) is 0 Å². The fourth-order valence-electron chi connectivity index (χ4n) is 5.53. The molecule has 0 saturated carbocycles. The average molecular weight is 483 g/mol. The summed E-state index contributed by atoms with van der Waals surface area (Å²) in [6.45, 7) is 7.11. The van der Waals surface area contributed by atoms with Gasteiger partial charge in [0.15, 0.2) is 5.11 Å². The molecular weight excluding hydrogens is 451 g/mol. The van der Waals surface area contributed by atoms with Crippen LogP contribution in [-0.4, -0.2) is 52.3 Å². The molecule has 174 valence electrons. The molecule has 3 aromatic rings. The van der Waals surface area contributed by atoms with Crippen LogP contribution in [0.1, 0.15) is 43.7 Å². The maximum absolute atomic E-state index is 13.6. The molecule has 7 heteroatoms. The van der Waals surface area contributed by atoms with E-state index in [2.05, 4.69) is 59.0 Å². The lowest BCUT2D eigenvalue weighted by molar-refractivity contribution is 0.156. The number of benzene rings is 2. The van der Waals surface area contributed by atoms with Crippen LogP contribution in [0.4, 0.5) is 4.39 Å². The molecule has 0 radical (unpaired) electrons. The van der Waals surface area contributed by atoms with Gasteiger partial charge < -0.3 is 9.80 Å². The number of thiocarbonyl (C=S) groups is 1. The van der Waals surface area contributed by atoms with Gasteiger partial charge in [0.1, 0.15) is 10.8 Å². The summed E-state index contributed by atoms with van der Waals surface area (Å²) in [6, 6.07) is 14.0. The van der Waals surface area contributed by atoms with Gasteiger partial charge in [0, 0.05) is 35.3 Å². The number of nitrogens with zero attached hydrogens (tertiary/aromatic N) is 3. The van der Waals surface area contributed by atoms with Crippen LogP contribution in [0.5, 0.6) is 0 Å². The van der Waals surface area contributed by atoms with E-state index in [-0.39, 0.29) is 5.82 Å². The van der Waals surface area contributed by atoms with Gasteiger partial charge in [-0.1, -0.05) is 23.9 Å².